The van der Waals surface area contributed by atoms with Crippen LogP contribution in [0.1, 0.15) is 12.0 Å². The number of anilines is 1. The fraction of sp³-hybridized carbons (Fsp3) is 0.417. The minimum Gasteiger partial charge on any atom is -0.392 e. The molecule has 0 spiro atoms. The van der Waals surface area contributed by atoms with Crippen LogP contribution < -0.4 is 10.2 Å². The molecule has 1 aliphatic rings. The molecule has 0 unspecified atom stereocenters. The summed E-state index contributed by atoms with van der Waals surface area (Å²) in [6.45, 7) is 2.25. The number of rotatable bonds is 2. The van der Waals surface area contributed by atoms with E-state index >= 15 is 0 Å². The van der Waals surface area contributed by atoms with Crippen LogP contribution in [0.3, 0.4) is 0 Å². The quantitative estimate of drug-likeness (QED) is 0.864. The first kappa shape index (κ1) is 12.4. The number of carbonyl (C=O) groups excluding carboxylic acids is 1. The third-order valence-corrected chi connectivity index (χ3v) is 3.48. The van der Waals surface area contributed by atoms with Gasteiger partial charge >= 0.3 is 0 Å². The first-order valence-corrected chi connectivity index (χ1v) is 6.41. The topological polar surface area (TPSA) is 52.6 Å². The van der Waals surface area contributed by atoms with Crippen LogP contribution in [-0.2, 0) is 11.4 Å². The molecule has 0 aromatic heterocycles. The van der Waals surface area contributed by atoms with Gasteiger partial charge in [-0.1, -0.05) is 6.07 Å². The molecule has 1 aromatic carbocycles. The van der Waals surface area contributed by atoms with Crippen molar-refractivity contribution in [1.29, 1.82) is 0 Å². The van der Waals surface area contributed by atoms with E-state index in [2.05, 4.69) is 26.1 Å². The van der Waals surface area contributed by atoms with Gasteiger partial charge in [0.15, 0.2) is 0 Å². The standard InChI is InChI=1S/C12H15BrN2O2/c13-10-7-9(8-16)1-2-11(10)15-5-3-12(17)14-4-6-15/h1-2,7,16H,3-6,8H2,(H,14,17). The molecule has 2 N–H and O–H groups in total. The molecule has 0 atom stereocenters. The van der Waals surface area contributed by atoms with Crippen LogP contribution in [0.15, 0.2) is 22.7 Å². The highest BCUT2D eigenvalue weighted by Crippen LogP contribution is 2.27. The van der Waals surface area contributed by atoms with Gasteiger partial charge in [-0.2, -0.15) is 0 Å². The molecule has 1 amide bonds. The van der Waals surface area contributed by atoms with Gasteiger partial charge in [0.05, 0.1) is 12.3 Å². The summed E-state index contributed by atoms with van der Waals surface area (Å²) < 4.78 is 0.957. The summed E-state index contributed by atoms with van der Waals surface area (Å²) in [5, 5.41) is 11.9. The van der Waals surface area contributed by atoms with E-state index in [1.807, 2.05) is 18.2 Å². The predicted molar refractivity (Wildman–Crippen MR) is 69.9 cm³/mol. The predicted octanol–water partition coefficient (Wildman–Crippen LogP) is 1.27. The molecule has 92 valence electrons. The Labute approximate surface area is 109 Å². The van der Waals surface area contributed by atoms with Crippen molar-refractivity contribution in [1.82, 2.24) is 5.32 Å². The third kappa shape index (κ3) is 2.98. The smallest absolute Gasteiger partial charge is 0.221 e. The average molecular weight is 299 g/mol. The van der Waals surface area contributed by atoms with Gasteiger partial charge < -0.3 is 15.3 Å². The van der Waals surface area contributed by atoms with Crippen molar-refractivity contribution in [2.45, 2.75) is 13.0 Å². The monoisotopic (exact) mass is 298 g/mol. The maximum Gasteiger partial charge on any atom is 0.221 e. The second-order valence-corrected chi connectivity index (χ2v) is 4.89. The highest BCUT2D eigenvalue weighted by molar-refractivity contribution is 9.10. The van der Waals surface area contributed by atoms with Crippen LogP contribution in [0.25, 0.3) is 0 Å². The first-order chi connectivity index (χ1) is 8.20. The van der Waals surface area contributed by atoms with Crippen LogP contribution in [0.5, 0.6) is 0 Å². The number of carbonyl (C=O) groups is 1. The number of nitrogens with one attached hydrogen (secondary N) is 1. The zero-order valence-electron chi connectivity index (χ0n) is 9.45. The van der Waals surface area contributed by atoms with Gasteiger partial charge in [-0.3, -0.25) is 4.79 Å². The zero-order valence-corrected chi connectivity index (χ0v) is 11.0. The Hall–Kier alpha value is -1.07. The van der Waals surface area contributed by atoms with Crippen molar-refractivity contribution in [3.63, 3.8) is 0 Å². The molecular formula is C12H15BrN2O2. The summed E-state index contributed by atoms with van der Waals surface area (Å²) in [4.78, 5) is 13.4. The Balaban J connectivity index is 2.18. The molecule has 0 aliphatic carbocycles. The number of aliphatic hydroxyl groups excluding tert-OH is 1. The van der Waals surface area contributed by atoms with E-state index in [-0.39, 0.29) is 12.5 Å². The van der Waals surface area contributed by atoms with Crippen molar-refractivity contribution in [3.05, 3.63) is 28.2 Å². The highest BCUT2D eigenvalue weighted by Gasteiger charge is 2.15. The van der Waals surface area contributed by atoms with Gasteiger partial charge in [0, 0.05) is 30.5 Å². The van der Waals surface area contributed by atoms with Gasteiger partial charge in [-0.05, 0) is 33.6 Å². The molecule has 0 bridgehead atoms. The van der Waals surface area contributed by atoms with E-state index in [0.29, 0.717) is 13.0 Å². The normalized spacial score (nSPS) is 16.6. The molecule has 1 aromatic rings. The molecule has 1 aliphatic heterocycles. The average Bonchev–Trinajstić information content (AvgIpc) is 2.54. The Morgan fingerprint density at radius 3 is 2.94 bits per heavy atom. The van der Waals surface area contributed by atoms with E-state index < -0.39 is 0 Å². The van der Waals surface area contributed by atoms with Gasteiger partial charge in [0.2, 0.25) is 5.91 Å². The van der Waals surface area contributed by atoms with Crippen LogP contribution >= 0.6 is 15.9 Å². The molecule has 0 saturated carbocycles. The summed E-state index contributed by atoms with van der Waals surface area (Å²) in [6.07, 6.45) is 0.522. The fourth-order valence-corrected chi connectivity index (χ4v) is 2.59. The second-order valence-electron chi connectivity index (χ2n) is 4.03. The molecule has 1 saturated heterocycles. The Bertz CT molecular complexity index is 423. The van der Waals surface area contributed by atoms with Crippen molar-refractivity contribution in [3.8, 4) is 0 Å². The molecule has 1 heterocycles. The number of amides is 1. The SMILES string of the molecule is O=C1CCN(c2ccc(CO)cc2Br)CCN1. The van der Waals surface area contributed by atoms with Gasteiger partial charge in [0.25, 0.3) is 0 Å². The molecule has 5 heteroatoms. The van der Waals surface area contributed by atoms with Gasteiger partial charge in [-0.15, -0.1) is 0 Å². The fourth-order valence-electron chi connectivity index (χ4n) is 1.91. The molecule has 0 radical (unpaired) electrons. The molecule has 4 nitrogen and oxygen atoms in total. The molecule has 17 heavy (non-hydrogen) atoms. The molecule has 1 fully saturated rings. The number of nitrogens with zero attached hydrogens (tertiary/aromatic N) is 1. The first-order valence-electron chi connectivity index (χ1n) is 5.61. The second kappa shape index (κ2) is 5.51. The zero-order chi connectivity index (χ0) is 12.3. The number of aliphatic hydroxyl groups is 1. The van der Waals surface area contributed by atoms with Gasteiger partial charge in [-0.25, -0.2) is 0 Å². The number of benzene rings is 1. The number of halogens is 1. The van der Waals surface area contributed by atoms with Crippen LogP contribution in [0.4, 0.5) is 5.69 Å². The largest absolute Gasteiger partial charge is 0.392 e. The molecular weight excluding hydrogens is 284 g/mol. The summed E-state index contributed by atoms with van der Waals surface area (Å²) in [5.41, 5.74) is 1.95. The summed E-state index contributed by atoms with van der Waals surface area (Å²) in [7, 11) is 0. The highest BCUT2D eigenvalue weighted by atomic mass is 79.9. The summed E-state index contributed by atoms with van der Waals surface area (Å²) in [5.74, 6) is 0.107. The van der Waals surface area contributed by atoms with E-state index in [9.17, 15) is 4.79 Å². The van der Waals surface area contributed by atoms with Crippen LogP contribution in [-0.4, -0.2) is 30.6 Å². The van der Waals surface area contributed by atoms with Crippen molar-refractivity contribution < 1.29 is 9.90 Å². The summed E-state index contributed by atoms with van der Waals surface area (Å²) in [6, 6.07) is 5.79. The van der Waals surface area contributed by atoms with E-state index in [1.54, 1.807) is 0 Å². The van der Waals surface area contributed by atoms with Crippen molar-refractivity contribution in [2.75, 3.05) is 24.5 Å². The minimum absolute atomic E-state index is 0.0406. The lowest BCUT2D eigenvalue weighted by atomic mass is 10.2. The van der Waals surface area contributed by atoms with Crippen LogP contribution in [0, 0.1) is 0 Å². The molecule has 2 rings (SSSR count). The van der Waals surface area contributed by atoms with E-state index in [4.69, 9.17) is 5.11 Å². The number of hydrogen-bond acceptors (Lipinski definition) is 3. The lowest BCUT2D eigenvalue weighted by Crippen LogP contribution is -2.28. The van der Waals surface area contributed by atoms with Gasteiger partial charge in [0.1, 0.15) is 0 Å². The third-order valence-electron chi connectivity index (χ3n) is 2.85. The number of hydrogen-bond donors (Lipinski definition) is 2. The lowest BCUT2D eigenvalue weighted by Gasteiger charge is -2.23. The Morgan fingerprint density at radius 2 is 2.24 bits per heavy atom. The van der Waals surface area contributed by atoms with Crippen molar-refractivity contribution in [2.24, 2.45) is 0 Å². The van der Waals surface area contributed by atoms with Crippen molar-refractivity contribution >= 4 is 27.5 Å². The lowest BCUT2D eigenvalue weighted by molar-refractivity contribution is -0.120. The Morgan fingerprint density at radius 1 is 1.41 bits per heavy atom. The minimum atomic E-state index is 0.0406. The maximum atomic E-state index is 11.3. The maximum absolute atomic E-state index is 11.3. The summed E-state index contributed by atoms with van der Waals surface area (Å²) >= 11 is 3.51. The van der Waals surface area contributed by atoms with E-state index in [1.165, 1.54) is 0 Å². The van der Waals surface area contributed by atoms with Crippen LogP contribution in [0.2, 0.25) is 0 Å². The van der Waals surface area contributed by atoms with E-state index in [0.717, 1.165) is 28.8 Å². The Kier molecular flexibility index (Phi) is 4.02.